The summed E-state index contributed by atoms with van der Waals surface area (Å²) < 4.78 is 41.4. The molecular weight excluding hydrogens is 335 g/mol. The van der Waals surface area contributed by atoms with Crippen molar-refractivity contribution >= 4 is 23.5 Å². The van der Waals surface area contributed by atoms with E-state index in [9.17, 15) is 18.0 Å². The Balaban J connectivity index is 1.82. The fourth-order valence-corrected chi connectivity index (χ4v) is 2.63. The van der Waals surface area contributed by atoms with Crippen LogP contribution in [0.3, 0.4) is 0 Å². The van der Waals surface area contributed by atoms with Gasteiger partial charge in [-0.05, 0) is 13.8 Å². The number of aryl methyl sites for hydroxylation is 2. The Kier molecular flexibility index (Phi) is 5.29. The normalized spacial score (nSPS) is 11.7. The molecule has 0 aliphatic carbocycles. The topological polar surface area (TPSA) is 81.4 Å². The van der Waals surface area contributed by atoms with Crippen LogP contribution in [0.2, 0.25) is 0 Å². The van der Waals surface area contributed by atoms with Crippen LogP contribution in [0.15, 0.2) is 11.2 Å². The molecule has 0 bridgehead atoms. The lowest BCUT2D eigenvalue weighted by molar-refractivity contribution is -0.160. The van der Waals surface area contributed by atoms with Gasteiger partial charge in [0.2, 0.25) is 0 Å². The van der Waals surface area contributed by atoms with E-state index in [0.29, 0.717) is 16.6 Å². The van der Waals surface area contributed by atoms with Crippen molar-refractivity contribution in [3.05, 3.63) is 17.6 Å². The Labute approximate surface area is 133 Å². The summed E-state index contributed by atoms with van der Waals surface area (Å²) in [6.45, 7) is 2.20. The zero-order valence-corrected chi connectivity index (χ0v) is 13.2. The minimum Gasteiger partial charge on any atom is -0.440 e. The van der Waals surface area contributed by atoms with Gasteiger partial charge in [0.05, 0.1) is 0 Å². The molecule has 1 N–H and O–H groups in total. The summed E-state index contributed by atoms with van der Waals surface area (Å²) in [4.78, 5) is 15.4. The number of thioether (sulfide) groups is 1. The summed E-state index contributed by atoms with van der Waals surface area (Å²) in [5.41, 5.74) is 1.49. The largest absolute Gasteiger partial charge is 0.440 e. The van der Waals surface area contributed by atoms with Crippen LogP contribution < -0.4 is 5.32 Å². The van der Waals surface area contributed by atoms with Gasteiger partial charge in [0, 0.05) is 24.1 Å². The number of carbonyl (C=O) groups excluding carboxylic acids is 1. The smallest absolute Gasteiger partial charge is 0.422 e. The van der Waals surface area contributed by atoms with E-state index in [-0.39, 0.29) is 6.54 Å². The lowest BCUT2D eigenvalue weighted by atomic mass is 10.4. The van der Waals surface area contributed by atoms with Crippen LogP contribution >= 0.6 is 11.8 Å². The van der Waals surface area contributed by atoms with E-state index in [4.69, 9.17) is 0 Å². The molecule has 0 aromatic carbocycles. The first-order valence-corrected chi connectivity index (χ1v) is 7.54. The first-order chi connectivity index (χ1) is 10.8. The van der Waals surface area contributed by atoms with Crippen LogP contribution in [0, 0.1) is 13.8 Å². The Morgan fingerprint density at radius 3 is 2.83 bits per heavy atom. The minimum atomic E-state index is -4.53. The summed E-state index contributed by atoms with van der Waals surface area (Å²) in [6.07, 6.45) is -5.64. The lowest BCUT2D eigenvalue weighted by Gasteiger charge is -2.08. The number of halogens is 3. The summed E-state index contributed by atoms with van der Waals surface area (Å²) in [7, 11) is 0. The van der Waals surface area contributed by atoms with Crippen LogP contribution in [0.5, 0.6) is 0 Å². The van der Waals surface area contributed by atoms with Gasteiger partial charge in [-0.15, -0.1) is 10.2 Å². The number of hydrogen-bond acceptors (Lipinski definition) is 6. The van der Waals surface area contributed by atoms with Crippen LogP contribution in [-0.2, 0) is 4.74 Å². The molecular formula is C12H14F3N5O2S. The lowest BCUT2D eigenvalue weighted by Crippen LogP contribution is -2.30. The minimum absolute atomic E-state index is 0.134. The number of nitrogens with one attached hydrogen (secondary N) is 1. The number of rotatable bonds is 5. The molecule has 0 spiro atoms. The molecule has 0 saturated carbocycles. The van der Waals surface area contributed by atoms with Gasteiger partial charge in [0.1, 0.15) is 5.82 Å². The monoisotopic (exact) mass is 349 g/mol. The van der Waals surface area contributed by atoms with Crippen LogP contribution in [0.4, 0.5) is 18.0 Å². The highest BCUT2D eigenvalue weighted by molar-refractivity contribution is 7.99. The third kappa shape index (κ3) is 4.98. The summed E-state index contributed by atoms with van der Waals surface area (Å²) >= 11 is 1.30. The first kappa shape index (κ1) is 17.3. The van der Waals surface area contributed by atoms with E-state index in [1.54, 1.807) is 10.5 Å². The van der Waals surface area contributed by atoms with Gasteiger partial charge in [-0.25, -0.2) is 9.78 Å². The maximum absolute atomic E-state index is 11.9. The number of aromatic nitrogens is 4. The molecule has 2 aromatic rings. The molecule has 0 atom stereocenters. The predicted molar refractivity (Wildman–Crippen MR) is 76.4 cm³/mol. The molecule has 11 heteroatoms. The molecule has 0 fully saturated rings. The van der Waals surface area contributed by atoms with Crippen molar-refractivity contribution in [3.63, 3.8) is 0 Å². The molecule has 0 saturated heterocycles. The number of fused-ring (bicyclic) bond motifs is 1. The number of alkyl halides is 3. The zero-order valence-electron chi connectivity index (χ0n) is 12.3. The second-order valence-electron chi connectivity index (χ2n) is 4.59. The molecule has 23 heavy (non-hydrogen) atoms. The van der Waals surface area contributed by atoms with E-state index < -0.39 is 18.9 Å². The van der Waals surface area contributed by atoms with Crippen molar-refractivity contribution in [1.29, 1.82) is 0 Å². The van der Waals surface area contributed by atoms with E-state index in [1.165, 1.54) is 11.8 Å². The molecule has 2 aromatic heterocycles. The number of carbonyl (C=O) groups is 1. The first-order valence-electron chi connectivity index (χ1n) is 6.56. The van der Waals surface area contributed by atoms with E-state index >= 15 is 0 Å². The maximum Gasteiger partial charge on any atom is 0.422 e. The van der Waals surface area contributed by atoms with Crippen molar-refractivity contribution in [2.45, 2.75) is 25.2 Å². The molecule has 2 heterocycles. The SMILES string of the molecule is Cc1cc2nnc(SCCNC(=O)OCC(F)(F)F)n2c(C)n1. The zero-order chi connectivity index (χ0) is 17.0. The van der Waals surface area contributed by atoms with Crippen molar-refractivity contribution in [2.24, 2.45) is 0 Å². The molecule has 2 rings (SSSR count). The fourth-order valence-electron chi connectivity index (χ4n) is 1.79. The Morgan fingerprint density at radius 1 is 1.39 bits per heavy atom. The Bertz CT molecular complexity index is 704. The fraction of sp³-hybridized carbons (Fsp3) is 0.500. The van der Waals surface area contributed by atoms with Gasteiger partial charge in [-0.1, -0.05) is 11.8 Å². The van der Waals surface area contributed by atoms with Crippen molar-refractivity contribution in [3.8, 4) is 0 Å². The molecule has 126 valence electrons. The summed E-state index contributed by atoms with van der Waals surface area (Å²) in [5, 5.41) is 10.9. The summed E-state index contributed by atoms with van der Waals surface area (Å²) in [6, 6.07) is 1.79. The molecule has 0 unspecified atom stereocenters. The van der Waals surface area contributed by atoms with Crippen LogP contribution in [0.25, 0.3) is 5.65 Å². The maximum atomic E-state index is 11.9. The third-order valence-corrected chi connectivity index (χ3v) is 3.56. The number of alkyl carbamates (subject to hydrolysis) is 1. The van der Waals surface area contributed by atoms with Crippen molar-refractivity contribution < 1.29 is 22.7 Å². The highest BCUT2D eigenvalue weighted by Gasteiger charge is 2.29. The Morgan fingerprint density at radius 2 is 2.13 bits per heavy atom. The van der Waals surface area contributed by atoms with E-state index in [0.717, 1.165) is 11.5 Å². The van der Waals surface area contributed by atoms with Gasteiger partial charge in [-0.2, -0.15) is 13.2 Å². The van der Waals surface area contributed by atoms with E-state index in [2.05, 4.69) is 25.2 Å². The average molecular weight is 349 g/mol. The highest BCUT2D eigenvalue weighted by atomic mass is 32.2. The molecule has 0 aliphatic rings. The standard InChI is InChI=1S/C12H14F3N5O2S/c1-7-5-9-18-19-10(20(9)8(2)17-7)23-4-3-16-11(21)22-6-12(13,14)15/h5H,3-4,6H2,1-2H3,(H,16,21). The van der Waals surface area contributed by atoms with Crippen LogP contribution in [-0.4, -0.2) is 50.8 Å². The molecule has 1 amide bonds. The van der Waals surface area contributed by atoms with Gasteiger partial charge in [0.25, 0.3) is 0 Å². The summed E-state index contributed by atoms with van der Waals surface area (Å²) in [5.74, 6) is 1.12. The number of hydrogen-bond donors (Lipinski definition) is 1. The predicted octanol–water partition coefficient (Wildman–Crippen LogP) is 2.12. The quantitative estimate of drug-likeness (QED) is 0.658. The number of ether oxygens (including phenoxy) is 1. The van der Waals surface area contributed by atoms with Gasteiger partial charge >= 0.3 is 12.3 Å². The highest BCUT2D eigenvalue weighted by Crippen LogP contribution is 2.18. The van der Waals surface area contributed by atoms with Gasteiger partial charge in [0.15, 0.2) is 17.4 Å². The van der Waals surface area contributed by atoms with Crippen molar-refractivity contribution in [1.82, 2.24) is 24.9 Å². The average Bonchev–Trinajstić information content (AvgIpc) is 2.83. The Hall–Kier alpha value is -2.04. The number of amides is 1. The van der Waals surface area contributed by atoms with Crippen molar-refractivity contribution in [2.75, 3.05) is 18.9 Å². The second kappa shape index (κ2) is 7.02. The van der Waals surface area contributed by atoms with Gasteiger partial charge < -0.3 is 10.1 Å². The van der Waals surface area contributed by atoms with Gasteiger partial charge in [-0.3, -0.25) is 4.40 Å². The third-order valence-electron chi connectivity index (χ3n) is 2.63. The molecule has 0 aliphatic heterocycles. The molecule has 7 nitrogen and oxygen atoms in total. The number of nitrogens with zero attached hydrogens (tertiary/aromatic N) is 4. The van der Waals surface area contributed by atoms with Crippen LogP contribution in [0.1, 0.15) is 11.5 Å². The second-order valence-corrected chi connectivity index (χ2v) is 5.65. The molecule has 0 radical (unpaired) electrons. The van der Waals surface area contributed by atoms with E-state index in [1.807, 2.05) is 13.8 Å².